The van der Waals surface area contributed by atoms with Crippen LogP contribution in [0.25, 0.3) is 10.9 Å². The summed E-state index contributed by atoms with van der Waals surface area (Å²) in [5.74, 6) is 2.48. The van der Waals surface area contributed by atoms with Crippen molar-refractivity contribution in [2.24, 2.45) is 30.2 Å². The van der Waals surface area contributed by atoms with Gasteiger partial charge < -0.3 is 9.88 Å². The number of rotatable bonds is 7. The number of hydrogen-bond acceptors (Lipinski definition) is 3. The number of nitrogens with zero attached hydrogens (tertiary/aromatic N) is 2. The number of sulfonamides is 1. The van der Waals surface area contributed by atoms with Gasteiger partial charge in [0.1, 0.15) is 5.69 Å². The van der Waals surface area contributed by atoms with E-state index in [-0.39, 0.29) is 22.3 Å². The van der Waals surface area contributed by atoms with Gasteiger partial charge in [0.15, 0.2) is 0 Å². The van der Waals surface area contributed by atoms with Crippen LogP contribution in [0.4, 0.5) is 0 Å². The number of fused-ring (bicyclic) bond motifs is 1. The zero-order chi connectivity index (χ0) is 23.5. The van der Waals surface area contributed by atoms with Gasteiger partial charge in [0.25, 0.3) is 5.91 Å². The fourth-order valence-electron chi connectivity index (χ4n) is 7.55. The molecular formula is C26H37N3O3S. The molecule has 2 aromatic rings. The lowest BCUT2D eigenvalue weighted by Gasteiger charge is -2.59. The number of amides is 1. The quantitative estimate of drug-likeness (QED) is 0.644. The third kappa shape index (κ3) is 3.72. The van der Waals surface area contributed by atoms with Crippen molar-refractivity contribution in [1.82, 2.24) is 14.2 Å². The van der Waals surface area contributed by atoms with Gasteiger partial charge in [-0.05, 0) is 92.9 Å². The summed E-state index contributed by atoms with van der Waals surface area (Å²) in [7, 11) is -1.66. The number of nitrogens with one attached hydrogen (secondary N) is 1. The minimum absolute atomic E-state index is 0.0647. The van der Waals surface area contributed by atoms with Gasteiger partial charge in [-0.15, -0.1) is 0 Å². The van der Waals surface area contributed by atoms with E-state index in [4.69, 9.17) is 0 Å². The monoisotopic (exact) mass is 471 g/mol. The van der Waals surface area contributed by atoms with Gasteiger partial charge in [-0.3, -0.25) is 4.79 Å². The Labute approximate surface area is 197 Å². The Kier molecular flexibility index (Phi) is 5.64. The standard InChI is InChI=1S/C26H37N3O3S/c1-5-29(6-2)33(31,32)22-7-8-23-21(12-22)13-24(28(23)4)25(30)27-17(3)26-14-18-9-19(15-26)11-20(10-18)16-26/h7-8,12-13,17-20H,5-6,9-11,14-16H2,1-4H3,(H,27,30). The number of hydrogen-bond donors (Lipinski definition) is 1. The second-order valence-corrected chi connectivity index (χ2v) is 12.8. The fourth-order valence-corrected chi connectivity index (χ4v) is 9.04. The molecule has 180 valence electrons. The smallest absolute Gasteiger partial charge is 0.268 e. The lowest BCUT2D eigenvalue weighted by atomic mass is 9.48. The second-order valence-electron chi connectivity index (χ2n) is 10.9. The van der Waals surface area contributed by atoms with Crippen LogP contribution in [0, 0.1) is 23.2 Å². The second kappa shape index (κ2) is 8.12. The Morgan fingerprint density at radius 2 is 1.67 bits per heavy atom. The van der Waals surface area contributed by atoms with Crippen LogP contribution in [0.5, 0.6) is 0 Å². The summed E-state index contributed by atoms with van der Waals surface area (Å²) < 4.78 is 29.2. The summed E-state index contributed by atoms with van der Waals surface area (Å²) in [5, 5.41) is 4.13. The Balaban J connectivity index is 1.39. The van der Waals surface area contributed by atoms with Crippen LogP contribution in [0.1, 0.15) is 69.8 Å². The Hall–Kier alpha value is -1.86. The van der Waals surface area contributed by atoms with Crippen molar-refractivity contribution in [2.45, 2.75) is 70.2 Å². The highest BCUT2D eigenvalue weighted by molar-refractivity contribution is 7.89. The molecule has 4 bridgehead atoms. The van der Waals surface area contributed by atoms with E-state index >= 15 is 0 Å². The highest BCUT2D eigenvalue weighted by atomic mass is 32.2. The van der Waals surface area contributed by atoms with Gasteiger partial charge in [0.05, 0.1) is 4.90 Å². The zero-order valence-corrected chi connectivity index (χ0v) is 21.1. The van der Waals surface area contributed by atoms with Gasteiger partial charge in [-0.25, -0.2) is 8.42 Å². The molecule has 4 fully saturated rings. The van der Waals surface area contributed by atoms with Crippen LogP contribution in [0.15, 0.2) is 29.2 Å². The summed E-state index contributed by atoms with van der Waals surface area (Å²) in [5.41, 5.74) is 1.69. The van der Waals surface area contributed by atoms with Crippen LogP contribution in [0.2, 0.25) is 0 Å². The molecule has 6 rings (SSSR count). The van der Waals surface area contributed by atoms with E-state index < -0.39 is 10.0 Å². The molecule has 1 heterocycles. The van der Waals surface area contributed by atoms with E-state index in [1.54, 1.807) is 12.1 Å². The Morgan fingerprint density at radius 3 is 2.21 bits per heavy atom. The maximum atomic E-state index is 13.4. The molecule has 0 radical (unpaired) electrons. The normalized spacial score (nSPS) is 29.7. The lowest BCUT2D eigenvalue weighted by molar-refractivity contribution is -0.0688. The van der Waals surface area contributed by atoms with Crippen LogP contribution < -0.4 is 5.32 Å². The number of aromatic nitrogens is 1. The largest absolute Gasteiger partial charge is 0.348 e. The highest BCUT2D eigenvalue weighted by Gasteiger charge is 2.53. The molecule has 1 N–H and O–H groups in total. The van der Waals surface area contributed by atoms with Crippen molar-refractivity contribution >= 4 is 26.8 Å². The van der Waals surface area contributed by atoms with E-state index in [0.29, 0.717) is 18.8 Å². The molecule has 33 heavy (non-hydrogen) atoms. The average molecular weight is 472 g/mol. The number of benzene rings is 1. The van der Waals surface area contributed by atoms with Crippen LogP contribution in [-0.2, 0) is 17.1 Å². The van der Waals surface area contributed by atoms with Gasteiger partial charge in [0, 0.05) is 37.1 Å². The molecule has 1 aromatic heterocycles. The number of carbonyl (C=O) groups excluding carboxylic acids is 1. The molecule has 1 unspecified atom stereocenters. The SMILES string of the molecule is CCN(CC)S(=O)(=O)c1ccc2c(c1)cc(C(=O)NC(C)C13CC4CC(CC(C4)C1)C3)n2C. The maximum Gasteiger partial charge on any atom is 0.268 e. The van der Waals surface area contributed by atoms with Gasteiger partial charge >= 0.3 is 0 Å². The predicted molar refractivity (Wildman–Crippen MR) is 131 cm³/mol. The Morgan fingerprint density at radius 1 is 1.09 bits per heavy atom. The van der Waals surface area contributed by atoms with Crippen molar-refractivity contribution in [3.63, 3.8) is 0 Å². The zero-order valence-electron chi connectivity index (χ0n) is 20.3. The van der Waals surface area contributed by atoms with Gasteiger partial charge in [-0.1, -0.05) is 13.8 Å². The minimum atomic E-state index is -3.54. The first-order valence-electron chi connectivity index (χ1n) is 12.6. The predicted octanol–water partition coefficient (Wildman–Crippen LogP) is 4.54. The van der Waals surface area contributed by atoms with E-state index in [2.05, 4.69) is 12.2 Å². The van der Waals surface area contributed by atoms with E-state index in [9.17, 15) is 13.2 Å². The third-order valence-corrected chi connectivity index (χ3v) is 11.0. The van der Waals surface area contributed by atoms with Gasteiger partial charge in [-0.2, -0.15) is 4.31 Å². The summed E-state index contributed by atoms with van der Waals surface area (Å²) in [6, 6.07) is 7.14. The number of carbonyl (C=O) groups is 1. The molecule has 0 aliphatic heterocycles. The minimum Gasteiger partial charge on any atom is -0.348 e. The van der Waals surface area contributed by atoms with Crippen molar-refractivity contribution in [3.8, 4) is 0 Å². The molecule has 4 aliphatic carbocycles. The molecule has 1 atom stereocenters. The topological polar surface area (TPSA) is 71.4 Å². The fraction of sp³-hybridized carbons (Fsp3) is 0.654. The molecule has 0 saturated heterocycles. The van der Waals surface area contributed by atoms with E-state index in [1.807, 2.05) is 37.6 Å². The van der Waals surface area contributed by atoms with E-state index in [0.717, 1.165) is 28.7 Å². The summed E-state index contributed by atoms with van der Waals surface area (Å²) in [6.07, 6.45) is 7.93. The van der Waals surface area contributed by atoms with Crippen molar-refractivity contribution < 1.29 is 13.2 Å². The molecule has 4 aliphatic rings. The molecule has 1 aromatic carbocycles. The average Bonchev–Trinajstić information content (AvgIpc) is 3.09. The Bertz CT molecular complexity index is 1140. The summed E-state index contributed by atoms with van der Waals surface area (Å²) in [6.45, 7) is 6.75. The molecule has 4 saturated carbocycles. The van der Waals surface area contributed by atoms with Gasteiger partial charge in [0.2, 0.25) is 10.0 Å². The summed E-state index contributed by atoms with van der Waals surface area (Å²) >= 11 is 0. The first kappa shape index (κ1) is 22.9. The van der Waals surface area contributed by atoms with Crippen molar-refractivity contribution in [2.75, 3.05) is 13.1 Å². The summed E-state index contributed by atoms with van der Waals surface area (Å²) in [4.78, 5) is 13.6. The van der Waals surface area contributed by atoms with Crippen molar-refractivity contribution in [1.29, 1.82) is 0 Å². The van der Waals surface area contributed by atoms with Crippen LogP contribution in [-0.4, -0.2) is 42.3 Å². The lowest BCUT2D eigenvalue weighted by Crippen LogP contribution is -2.55. The molecular weight excluding hydrogens is 434 g/mol. The third-order valence-electron chi connectivity index (χ3n) is 8.94. The first-order valence-corrected chi connectivity index (χ1v) is 14.0. The van der Waals surface area contributed by atoms with Crippen LogP contribution in [0.3, 0.4) is 0 Å². The number of aryl methyl sites for hydroxylation is 1. The highest BCUT2D eigenvalue weighted by Crippen LogP contribution is 2.61. The van der Waals surface area contributed by atoms with Crippen molar-refractivity contribution in [3.05, 3.63) is 30.0 Å². The molecule has 1 amide bonds. The molecule has 7 heteroatoms. The molecule has 0 spiro atoms. The first-order chi connectivity index (χ1) is 15.7. The van der Waals surface area contributed by atoms with Crippen LogP contribution >= 0.6 is 0 Å². The maximum absolute atomic E-state index is 13.4. The molecule has 6 nitrogen and oxygen atoms in total. The van der Waals surface area contributed by atoms with E-state index in [1.165, 1.54) is 42.8 Å².